The third kappa shape index (κ3) is 4.21. The summed E-state index contributed by atoms with van der Waals surface area (Å²) in [5.41, 5.74) is 8.49. The van der Waals surface area contributed by atoms with Crippen LogP contribution in [0.5, 0.6) is 0 Å². The van der Waals surface area contributed by atoms with E-state index in [1.807, 2.05) is 42.5 Å². The fourth-order valence-electron chi connectivity index (χ4n) is 2.06. The lowest BCUT2D eigenvalue weighted by atomic mass is 10.1. The SMILES string of the molecule is CC(NCc1cccc(C(N)=NO)c1)c1cccc(Cl)c1. The van der Waals surface area contributed by atoms with E-state index in [4.69, 9.17) is 22.5 Å². The summed E-state index contributed by atoms with van der Waals surface area (Å²) >= 11 is 6.00. The van der Waals surface area contributed by atoms with Crippen LogP contribution in [0.3, 0.4) is 0 Å². The molecule has 2 aromatic rings. The van der Waals surface area contributed by atoms with Crippen LogP contribution in [0, 0.1) is 0 Å². The predicted molar refractivity (Wildman–Crippen MR) is 85.7 cm³/mol. The molecule has 0 spiro atoms. The van der Waals surface area contributed by atoms with Gasteiger partial charge in [-0.15, -0.1) is 0 Å². The van der Waals surface area contributed by atoms with Crippen molar-refractivity contribution in [1.29, 1.82) is 0 Å². The molecular formula is C16H18ClN3O. The molecule has 0 fully saturated rings. The first-order valence-electron chi connectivity index (χ1n) is 6.66. The summed E-state index contributed by atoms with van der Waals surface area (Å²) in [6.45, 7) is 2.76. The molecular weight excluding hydrogens is 286 g/mol. The number of hydrogen-bond donors (Lipinski definition) is 3. The lowest BCUT2D eigenvalue weighted by Crippen LogP contribution is -2.19. The predicted octanol–water partition coefficient (Wildman–Crippen LogP) is 3.29. The normalized spacial score (nSPS) is 13.1. The lowest BCUT2D eigenvalue weighted by Gasteiger charge is -2.15. The van der Waals surface area contributed by atoms with E-state index >= 15 is 0 Å². The Labute approximate surface area is 129 Å². The van der Waals surface area contributed by atoms with Gasteiger partial charge in [-0.05, 0) is 36.2 Å². The second kappa shape index (κ2) is 7.11. The first kappa shape index (κ1) is 15.4. The van der Waals surface area contributed by atoms with Gasteiger partial charge in [0, 0.05) is 23.2 Å². The van der Waals surface area contributed by atoms with E-state index in [1.54, 1.807) is 6.07 Å². The summed E-state index contributed by atoms with van der Waals surface area (Å²) in [4.78, 5) is 0. The zero-order chi connectivity index (χ0) is 15.2. The molecule has 0 aliphatic carbocycles. The van der Waals surface area contributed by atoms with Crippen LogP contribution in [0.15, 0.2) is 53.7 Å². The van der Waals surface area contributed by atoms with Gasteiger partial charge in [-0.2, -0.15) is 0 Å². The van der Waals surface area contributed by atoms with E-state index in [1.165, 1.54) is 0 Å². The molecule has 4 nitrogen and oxygen atoms in total. The molecule has 0 heterocycles. The Bertz CT molecular complexity index is 643. The number of amidine groups is 1. The molecule has 2 rings (SSSR count). The number of oxime groups is 1. The zero-order valence-electron chi connectivity index (χ0n) is 11.8. The molecule has 0 aliphatic rings. The molecule has 0 saturated carbocycles. The Hall–Kier alpha value is -2.04. The van der Waals surface area contributed by atoms with Crippen LogP contribution in [0.25, 0.3) is 0 Å². The van der Waals surface area contributed by atoms with Crippen LogP contribution in [-0.4, -0.2) is 11.0 Å². The molecule has 0 amide bonds. The Kier molecular flexibility index (Phi) is 5.20. The minimum absolute atomic E-state index is 0.111. The number of halogens is 1. The molecule has 2 aromatic carbocycles. The van der Waals surface area contributed by atoms with Gasteiger partial charge in [-0.25, -0.2) is 0 Å². The molecule has 21 heavy (non-hydrogen) atoms. The van der Waals surface area contributed by atoms with Crippen LogP contribution in [0.1, 0.15) is 29.7 Å². The van der Waals surface area contributed by atoms with E-state index < -0.39 is 0 Å². The molecule has 4 N–H and O–H groups in total. The van der Waals surface area contributed by atoms with E-state index in [0.29, 0.717) is 12.1 Å². The van der Waals surface area contributed by atoms with Crippen molar-refractivity contribution < 1.29 is 5.21 Å². The number of nitrogens with two attached hydrogens (primary N) is 1. The highest BCUT2D eigenvalue weighted by molar-refractivity contribution is 6.30. The van der Waals surface area contributed by atoms with Crippen LogP contribution in [0.2, 0.25) is 5.02 Å². The number of benzene rings is 2. The first-order valence-corrected chi connectivity index (χ1v) is 7.03. The first-order chi connectivity index (χ1) is 10.1. The van der Waals surface area contributed by atoms with Gasteiger partial charge in [-0.1, -0.05) is 47.1 Å². The summed E-state index contributed by atoms with van der Waals surface area (Å²) in [7, 11) is 0. The summed E-state index contributed by atoms with van der Waals surface area (Å²) in [5, 5.41) is 15.9. The fraction of sp³-hybridized carbons (Fsp3) is 0.188. The number of hydrogen-bond acceptors (Lipinski definition) is 3. The number of rotatable bonds is 5. The van der Waals surface area contributed by atoms with Gasteiger partial charge in [0.2, 0.25) is 0 Å². The molecule has 1 unspecified atom stereocenters. The van der Waals surface area contributed by atoms with Crippen molar-refractivity contribution in [2.24, 2.45) is 10.9 Å². The van der Waals surface area contributed by atoms with Crippen molar-refractivity contribution in [2.45, 2.75) is 19.5 Å². The molecule has 0 aromatic heterocycles. The Morgan fingerprint density at radius 1 is 1.29 bits per heavy atom. The maximum Gasteiger partial charge on any atom is 0.170 e. The molecule has 1 atom stereocenters. The van der Waals surface area contributed by atoms with Gasteiger partial charge in [0.1, 0.15) is 0 Å². The van der Waals surface area contributed by atoms with Crippen LogP contribution in [-0.2, 0) is 6.54 Å². The standard InChI is InChI=1S/C16H18ClN3O/c1-11(13-5-3-7-15(17)9-13)19-10-12-4-2-6-14(8-12)16(18)20-21/h2-9,11,19,21H,10H2,1H3,(H2,18,20). The molecule has 0 bridgehead atoms. The van der Waals surface area contributed by atoms with E-state index in [-0.39, 0.29) is 11.9 Å². The average molecular weight is 304 g/mol. The van der Waals surface area contributed by atoms with E-state index in [9.17, 15) is 0 Å². The lowest BCUT2D eigenvalue weighted by molar-refractivity contribution is 0.318. The minimum Gasteiger partial charge on any atom is -0.409 e. The van der Waals surface area contributed by atoms with Crippen molar-refractivity contribution in [3.05, 3.63) is 70.2 Å². The molecule has 0 radical (unpaired) electrons. The van der Waals surface area contributed by atoms with Crippen LogP contribution < -0.4 is 11.1 Å². The van der Waals surface area contributed by atoms with Crippen molar-refractivity contribution in [3.63, 3.8) is 0 Å². The molecule has 0 saturated heterocycles. The summed E-state index contributed by atoms with van der Waals surface area (Å²) < 4.78 is 0. The number of nitrogens with one attached hydrogen (secondary N) is 1. The summed E-state index contributed by atoms with van der Waals surface area (Å²) in [6, 6.07) is 15.5. The highest BCUT2D eigenvalue weighted by Gasteiger charge is 2.06. The topological polar surface area (TPSA) is 70.6 Å². The van der Waals surface area contributed by atoms with Gasteiger partial charge in [0.15, 0.2) is 5.84 Å². The third-order valence-electron chi connectivity index (χ3n) is 3.29. The second-order valence-electron chi connectivity index (χ2n) is 4.84. The van der Waals surface area contributed by atoms with Gasteiger partial charge >= 0.3 is 0 Å². The van der Waals surface area contributed by atoms with Crippen LogP contribution >= 0.6 is 11.6 Å². The second-order valence-corrected chi connectivity index (χ2v) is 5.28. The average Bonchev–Trinajstić information content (AvgIpc) is 2.52. The number of nitrogens with zero attached hydrogens (tertiary/aromatic N) is 1. The minimum atomic E-state index is 0.111. The monoisotopic (exact) mass is 303 g/mol. The summed E-state index contributed by atoms with van der Waals surface area (Å²) in [6.07, 6.45) is 0. The fourth-order valence-corrected chi connectivity index (χ4v) is 2.26. The zero-order valence-corrected chi connectivity index (χ0v) is 12.5. The van der Waals surface area contributed by atoms with Gasteiger partial charge in [0.25, 0.3) is 0 Å². The molecule has 110 valence electrons. The molecule has 0 aliphatic heterocycles. The Morgan fingerprint density at radius 3 is 2.76 bits per heavy atom. The highest BCUT2D eigenvalue weighted by atomic mass is 35.5. The third-order valence-corrected chi connectivity index (χ3v) is 3.53. The van der Waals surface area contributed by atoms with Crippen molar-refractivity contribution in [2.75, 3.05) is 0 Å². The van der Waals surface area contributed by atoms with Gasteiger partial charge in [0.05, 0.1) is 0 Å². The van der Waals surface area contributed by atoms with Gasteiger partial charge in [-0.3, -0.25) is 0 Å². The van der Waals surface area contributed by atoms with Crippen molar-refractivity contribution >= 4 is 17.4 Å². The smallest absolute Gasteiger partial charge is 0.170 e. The highest BCUT2D eigenvalue weighted by Crippen LogP contribution is 2.18. The maximum atomic E-state index is 8.71. The Morgan fingerprint density at radius 2 is 2.05 bits per heavy atom. The molecule has 5 heteroatoms. The van der Waals surface area contributed by atoms with Crippen molar-refractivity contribution in [3.8, 4) is 0 Å². The quantitative estimate of drug-likeness (QED) is 0.343. The van der Waals surface area contributed by atoms with Gasteiger partial charge < -0.3 is 16.3 Å². The maximum absolute atomic E-state index is 8.71. The van der Waals surface area contributed by atoms with E-state index in [2.05, 4.69) is 17.4 Å². The van der Waals surface area contributed by atoms with E-state index in [0.717, 1.165) is 16.1 Å². The summed E-state index contributed by atoms with van der Waals surface area (Å²) in [5.74, 6) is 0.111. The largest absolute Gasteiger partial charge is 0.409 e. The van der Waals surface area contributed by atoms with Crippen molar-refractivity contribution in [1.82, 2.24) is 5.32 Å². The van der Waals surface area contributed by atoms with Crippen LogP contribution in [0.4, 0.5) is 0 Å². The Balaban J connectivity index is 2.03.